The van der Waals surface area contributed by atoms with Crippen LogP contribution in [0.1, 0.15) is 67.2 Å². The minimum Gasteiger partial charge on any atom is -0.497 e. The van der Waals surface area contributed by atoms with Gasteiger partial charge in [-0.1, -0.05) is 12.1 Å². The zero-order valence-electron chi connectivity index (χ0n) is 34.3. The van der Waals surface area contributed by atoms with Gasteiger partial charge in [-0.25, -0.2) is 14.8 Å². The van der Waals surface area contributed by atoms with Crippen LogP contribution in [-0.2, 0) is 14.4 Å². The molecule has 7 rings (SSSR count). The van der Waals surface area contributed by atoms with E-state index in [1.165, 1.54) is 6.07 Å². The van der Waals surface area contributed by atoms with E-state index < -0.39 is 41.2 Å². The quantitative estimate of drug-likeness (QED) is 0.0764. The molecule has 1 unspecified atom stereocenters. The summed E-state index contributed by atoms with van der Waals surface area (Å²) < 4.78 is 16.7. The first kappa shape index (κ1) is 41.8. The monoisotopic (exact) mass is 831 g/mol. The van der Waals surface area contributed by atoms with Gasteiger partial charge in [0.05, 0.1) is 19.8 Å². The summed E-state index contributed by atoms with van der Waals surface area (Å²) in [5, 5.41) is 15.6. The van der Waals surface area contributed by atoms with Gasteiger partial charge in [0.15, 0.2) is 12.3 Å². The van der Waals surface area contributed by atoms with Crippen molar-refractivity contribution in [2.75, 3.05) is 44.5 Å². The van der Waals surface area contributed by atoms with Gasteiger partial charge in [-0.15, -0.1) is 0 Å². The van der Waals surface area contributed by atoms with Crippen molar-refractivity contribution >= 4 is 69.1 Å². The van der Waals surface area contributed by atoms with Crippen LogP contribution in [0.4, 0.5) is 16.6 Å². The summed E-state index contributed by atoms with van der Waals surface area (Å²) in [5.74, 6) is -0.863. The van der Waals surface area contributed by atoms with Crippen molar-refractivity contribution in [3.63, 3.8) is 0 Å². The number of pyridine rings is 1. The summed E-state index contributed by atoms with van der Waals surface area (Å²) in [6.45, 7) is 6.15. The highest BCUT2D eigenvalue weighted by Crippen LogP contribution is 2.37. The van der Waals surface area contributed by atoms with Crippen molar-refractivity contribution in [1.29, 1.82) is 0 Å². The average molecular weight is 832 g/mol. The Morgan fingerprint density at radius 1 is 0.852 bits per heavy atom. The van der Waals surface area contributed by atoms with Crippen molar-refractivity contribution < 1.29 is 43.0 Å². The molecule has 0 bridgehead atoms. The molecule has 3 aromatic carbocycles. The van der Waals surface area contributed by atoms with Crippen LogP contribution in [0.15, 0.2) is 60.8 Å². The summed E-state index contributed by atoms with van der Waals surface area (Å²) in [6.07, 6.45) is 2.95. The Hall–Kier alpha value is -7.37. The molecule has 0 aliphatic carbocycles. The number of carbonyl (C=O) groups excluding carboxylic acids is 6. The number of urea groups is 1. The maximum absolute atomic E-state index is 13.7. The van der Waals surface area contributed by atoms with E-state index in [4.69, 9.17) is 19.2 Å². The molecule has 61 heavy (non-hydrogen) atoms. The topological polar surface area (TPSA) is 232 Å². The molecule has 18 nitrogen and oxygen atoms in total. The maximum atomic E-state index is 13.7. The van der Waals surface area contributed by atoms with E-state index in [0.717, 1.165) is 4.90 Å². The third-order valence-corrected chi connectivity index (χ3v) is 9.90. The van der Waals surface area contributed by atoms with Crippen LogP contribution in [0.25, 0.3) is 32.9 Å². The number of amides is 7. The number of anilines is 2. The maximum Gasteiger partial charge on any atom is 0.320 e. The molecule has 0 radical (unpaired) electrons. The zero-order valence-corrected chi connectivity index (χ0v) is 34.3. The normalized spacial score (nSPS) is 15.0. The Morgan fingerprint density at radius 3 is 2.31 bits per heavy atom. The first-order valence-corrected chi connectivity index (χ1v) is 19.6. The number of fused-ring (bicyclic) bond motifs is 1. The van der Waals surface area contributed by atoms with Gasteiger partial charge < -0.3 is 30.2 Å². The summed E-state index contributed by atoms with van der Waals surface area (Å²) in [4.78, 5) is 91.8. The van der Waals surface area contributed by atoms with Crippen LogP contribution in [-0.4, -0.2) is 101 Å². The predicted molar refractivity (Wildman–Crippen MR) is 225 cm³/mol. The second-order valence-corrected chi connectivity index (χ2v) is 15.5. The number of ether oxygens (including phenoxy) is 3. The molecule has 2 aromatic heterocycles. The van der Waals surface area contributed by atoms with Gasteiger partial charge in [0.25, 0.3) is 17.7 Å². The van der Waals surface area contributed by atoms with Gasteiger partial charge in [0.2, 0.25) is 17.8 Å². The summed E-state index contributed by atoms with van der Waals surface area (Å²) >= 11 is 0. The number of carbonyl (C=O) groups is 6. The van der Waals surface area contributed by atoms with E-state index in [2.05, 4.69) is 36.6 Å². The predicted octanol–water partition coefficient (Wildman–Crippen LogP) is 4.57. The van der Waals surface area contributed by atoms with Gasteiger partial charge in [-0.3, -0.25) is 39.5 Å². The van der Waals surface area contributed by atoms with Gasteiger partial charge >= 0.3 is 6.03 Å². The molecular weight excluding hydrogens is 787 g/mol. The Balaban J connectivity index is 0.940. The summed E-state index contributed by atoms with van der Waals surface area (Å²) in [6, 6.07) is 13.7. The largest absolute Gasteiger partial charge is 0.497 e. The molecule has 0 spiro atoms. The van der Waals surface area contributed by atoms with Crippen LogP contribution in [0.2, 0.25) is 0 Å². The highest BCUT2D eigenvalue weighted by atomic mass is 16.5. The molecule has 7 amide bonds. The minimum absolute atomic E-state index is 0.000910. The van der Waals surface area contributed by atoms with Crippen LogP contribution in [0, 0.1) is 0 Å². The lowest BCUT2D eigenvalue weighted by Crippen LogP contribution is -2.57. The molecule has 18 heteroatoms. The molecule has 5 aromatic rings. The fraction of sp³-hybridized carbons (Fsp3) is 0.326. The number of hydrogen-bond acceptors (Lipinski definition) is 13. The molecule has 5 N–H and O–H groups in total. The van der Waals surface area contributed by atoms with Crippen molar-refractivity contribution in [1.82, 2.24) is 35.8 Å². The van der Waals surface area contributed by atoms with E-state index in [1.54, 1.807) is 50.7 Å². The lowest BCUT2D eigenvalue weighted by atomic mass is 9.91. The van der Waals surface area contributed by atoms with Crippen LogP contribution in [0.3, 0.4) is 0 Å². The van der Waals surface area contributed by atoms with Gasteiger partial charge in [-0.2, -0.15) is 4.98 Å². The smallest absolute Gasteiger partial charge is 0.320 e. The minimum atomic E-state index is -1.13. The Labute approximate surface area is 350 Å². The zero-order chi connectivity index (χ0) is 43.4. The van der Waals surface area contributed by atoms with E-state index in [9.17, 15) is 28.8 Å². The van der Waals surface area contributed by atoms with E-state index in [-0.39, 0.29) is 48.0 Å². The number of hydrogen-bond donors (Lipinski definition) is 5. The lowest BCUT2D eigenvalue weighted by Gasteiger charge is -2.34. The lowest BCUT2D eigenvalue weighted by molar-refractivity contribution is -0.136. The number of rotatable bonds is 14. The summed E-state index contributed by atoms with van der Waals surface area (Å²) in [7, 11) is 3.11. The number of piperidine rings is 1. The third-order valence-electron chi connectivity index (χ3n) is 9.90. The fourth-order valence-corrected chi connectivity index (χ4v) is 7.08. The number of imide groups is 2. The summed E-state index contributed by atoms with van der Waals surface area (Å²) in [5.41, 5.74) is 1.58. The first-order chi connectivity index (χ1) is 29.2. The Morgan fingerprint density at radius 2 is 1.59 bits per heavy atom. The number of nitrogens with one attached hydrogen (secondary N) is 5. The number of nitrogens with zero attached hydrogens (tertiary/aromatic N) is 4. The first-order valence-electron chi connectivity index (χ1n) is 19.6. The standard InChI is InChI=1S/C43H45N9O9/c1-43(2,3)51-42(58)50-37-30(24-16-26(59-4)19-27(17-24)60-5)18-25-21-46-41(49-36(25)48-37)45-14-7-6-13-44-34(54)22-61-28-15-23-9-8-10-29-35(23)31(20-28)40(57)52(39(29)56)32-11-12-33(53)47-38(32)55/h8-10,15-21,32H,6-7,11-14,22H2,1-5H3,(H,44,54)(H,47,53,55)(H3,45,46,48,49,50,51,58). The number of benzene rings is 3. The van der Waals surface area contributed by atoms with E-state index >= 15 is 0 Å². The third kappa shape index (κ3) is 9.43. The molecule has 0 saturated carbocycles. The molecule has 316 valence electrons. The highest BCUT2D eigenvalue weighted by Gasteiger charge is 2.42. The molecule has 2 aliphatic heterocycles. The van der Waals surface area contributed by atoms with Gasteiger partial charge in [-0.05, 0) is 87.4 Å². The van der Waals surface area contributed by atoms with E-state index in [1.807, 2.05) is 39.0 Å². The van der Waals surface area contributed by atoms with Gasteiger partial charge in [0.1, 0.15) is 29.1 Å². The molecule has 4 heterocycles. The molecule has 1 saturated heterocycles. The Bertz CT molecular complexity index is 2570. The second-order valence-electron chi connectivity index (χ2n) is 15.5. The van der Waals surface area contributed by atoms with Crippen LogP contribution in [0.5, 0.6) is 17.2 Å². The van der Waals surface area contributed by atoms with Crippen molar-refractivity contribution in [3.05, 3.63) is 71.9 Å². The Kier molecular flexibility index (Phi) is 12.0. The van der Waals surface area contributed by atoms with Crippen LogP contribution >= 0.6 is 0 Å². The van der Waals surface area contributed by atoms with Gasteiger partial charge in [0, 0.05) is 59.2 Å². The van der Waals surface area contributed by atoms with Crippen molar-refractivity contribution in [3.8, 4) is 28.4 Å². The number of unbranched alkanes of at least 4 members (excludes halogenated alkanes) is 1. The number of methoxy groups -OCH3 is 2. The number of aromatic nitrogens is 3. The highest BCUT2D eigenvalue weighted by molar-refractivity contribution is 6.27. The van der Waals surface area contributed by atoms with Crippen molar-refractivity contribution in [2.45, 2.75) is 58.0 Å². The SMILES string of the molecule is COc1cc(OC)cc(-c2cc3cnc(NCCCCNC(=O)COc4cc5c6c(cccc6c4)C(=O)N(C4CCC(=O)NC4=O)C5=O)nc3nc2NC(=O)NC(C)(C)C)c1. The average Bonchev–Trinajstić information content (AvgIpc) is 3.22. The molecule has 1 fully saturated rings. The second kappa shape index (κ2) is 17.5. The molecule has 1 atom stereocenters. The van der Waals surface area contributed by atoms with Crippen LogP contribution < -0.4 is 40.8 Å². The fourth-order valence-electron chi connectivity index (χ4n) is 7.08. The molecule has 2 aliphatic rings. The van der Waals surface area contributed by atoms with Crippen molar-refractivity contribution in [2.24, 2.45) is 0 Å². The molecular formula is C43H45N9O9. The van der Waals surface area contributed by atoms with E-state index in [0.29, 0.717) is 76.3 Å².